The largest absolute Gasteiger partial charge is 0.322 e. The number of sulfonamides is 1. The Bertz CT molecular complexity index is 1380. The van der Waals surface area contributed by atoms with E-state index in [0.717, 1.165) is 34.2 Å². The molecule has 156 valence electrons. The lowest BCUT2D eigenvalue weighted by molar-refractivity contribution is 0.102. The van der Waals surface area contributed by atoms with Gasteiger partial charge in [-0.05, 0) is 83.8 Å². The molecule has 31 heavy (non-hydrogen) atoms. The van der Waals surface area contributed by atoms with Crippen LogP contribution in [0.3, 0.4) is 0 Å². The molecule has 2 heterocycles. The summed E-state index contributed by atoms with van der Waals surface area (Å²) >= 11 is 1.65. The van der Waals surface area contributed by atoms with Crippen LogP contribution in [0.15, 0.2) is 83.1 Å². The minimum Gasteiger partial charge on any atom is -0.322 e. The third-order valence-electron chi connectivity index (χ3n) is 5.48. The van der Waals surface area contributed by atoms with Crippen LogP contribution in [0.1, 0.15) is 22.3 Å². The number of nitrogens with one attached hydrogen (secondary N) is 1. The lowest BCUT2D eigenvalue weighted by atomic mass is 10.0. The second-order valence-electron chi connectivity index (χ2n) is 7.46. The number of anilines is 2. The normalized spacial score (nSPS) is 13.7. The summed E-state index contributed by atoms with van der Waals surface area (Å²) in [5, 5.41) is 5.97. The van der Waals surface area contributed by atoms with Gasteiger partial charge < -0.3 is 5.32 Å². The van der Waals surface area contributed by atoms with Gasteiger partial charge in [-0.15, -0.1) is 11.3 Å². The summed E-state index contributed by atoms with van der Waals surface area (Å²) in [6, 6.07) is 21.5. The Hall–Kier alpha value is -3.16. The second kappa shape index (κ2) is 7.83. The monoisotopic (exact) mass is 448 g/mol. The molecule has 3 aromatic carbocycles. The Morgan fingerprint density at radius 2 is 1.77 bits per heavy atom. The number of benzene rings is 3. The first-order valence-electron chi connectivity index (χ1n) is 10.0. The summed E-state index contributed by atoms with van der Waals surface area (Å²) in [6.45, 7) is 0.451. The summed E-state index contributed by atoms with van der Waals surface area (Å²) in [6.07, 6.45) is 1.66. The quantitative estimate of drug-likeness (QED) is 0.461. The number of aryl methyl sites for hydroxylation is 1. The lowest BCUT2D eigenvalue weighted by Gasteiger charge is -2.30. The van der Waals surface area contributed by atoms with Gasteiger partial charge in [0.15, 0.2) is 0 Å². The van der Waals surface area contributed by atoms with Crippen molar-refractivity contribution in [2.45, 2.75) is 17.7 Å². The van der Waals surface area contributed by atoms with Crippen LogP contribution in [0.25, 0.3) is 10.1 Å². The Morgan fingerprint density at radius 1 is 0.968 bits per heavy atom. The van der Waals surface area contributed by atoms with E-state index in [1.807, 2.05) is 53.9 Å². The van der Waals surface area contributed by atoms with Gasteiger partial charge in [-0.1, -0.05) is 18.2 Å². The van der Waals surface area contributed by atoms with E-state index in [4.69, 9.17) is 0 Å². The molecule has 1 amide bonds. The van der Waals surface area contributed by atoms with Gasteiger partial charge in [-0.25, -0.2) is 8.42 Å². The fourth-order valence-electron chi connectivity index (χ4n) is 3.90. The first-order chi connectivity index (χ1) is 15.0. The standard InChI is InChI=1S/C24H20N2O3S2/c27-24(25-20-9-12-23-19(16-20)13-15-30-23)18-7-10-21(11-8-18)31(28,29)26-14-3-5-17-4-1-2-6-22(17)26/h1-2,4,6-13,15-16H,3,5,14H2,(H,25,27). The summed E-state index contributed by atoms with van der Waals surface area (Å²) in [7, 11) is -3.69. The van der Waals surface area contributed by atoms with Gasteiger partial charge in [0, 0.05) is 22.5 Å². The van der Waals surface area contributed by atoms with Gasteiger partial charge >= 0.3 is 0 Å². The van der Waals surface area contributed by atoms with Gasteiger partial charge in [0.05, 0.1) is 10.6 Å². The molecule has 0 atom stereocenters. The van der Waals surface area contributed by atoms with E-state index >= 15 is 0 Å². The van der Waals surface area contributed by atoms with Crippen molar-refractivity contribution in [2.24, 2.45) is 0 Å². The van der Waals surface area contributed by atoms with Gasteiger partial charge in [-0.2, -0.15) is 0 Å². The molecule has 4 aromatic rings. The number of carbonyl (C=O) groups excluding carboxylic acids is 1. The van der Waals surface area contributed by atoms with E-state index in [1.54, 1.807) is 23.5 Å². The van der Waals surface area contributed by atoms with Crippen LogP contribution in [0, 0.1) is 0 Å². The molecule has 0 fully saturated rings. The highest BCUT2D eigenvalue weighted by Crippen LogP contribution is 2.32. The molecule has 0 spiro atoms. The number of rotatable bonds is 4. The molecule has 5 rings (SSSR count). The molecule has 0 saturated heterocycles. The third-order valence-corrected chi connectivity index (χ3v) is 8.21. The molecular weight excluding hydrogens is 428 g/mol. The van der Waals surface area contributed by atoms with Crippen LogP contribution in [-0.4, -0.2) is 20.9 Å². The molecule has 1 aromatic heterocycles. The summed E-state index contributed by atoms with van der Waals surface area (Å²) < 4.78 is 29.1. The number of hydrogen-bond donors (Lipinski definition) is 1. The van der Waals surface area contributed by atoms with Crippen molar-refractivity contribution in [2.75, 3.05) is 16.2 Å². The molecule has 0 aliphatic carbocycles. The fraction of sp³-hybridized carbons (Fsp3) is 0.125. The molecule has 0 saturated carbocycles. The van der Waals surface area contributed by atoms with Gasteiger partial charge in [0.2, 0.25) is 0 Å². The smallest absolute Gasteiger partial charge is 0.264 e. The highest BCUT2D eigenvalue weighted by atomic mass is 32.2. The average Bonchev–Trinajstić information content (AvgIpc) is 3.26. The van der Waals surface area contributed by atoms with Crippen LogP contribution in [0.5, 0.6) is 0 Å². The molecule has 5 nitrogen and oxygen atoms in total. The molecule has 0 bridgehead atoms. The number of fused-ring (bicyclic) bond motifs is 2. The SMILES string of the molecule is O=C(Nc1ccc2sccc2c1)c1ccc(S(=O)(=O)N2CCCc3ccccc32)cc1. The van der Waals surface area contributed by atoms with E-state index < -0.39 is 10.0 Å². The van der Waals surface area contributed by atoms with Gasteiger partial charge in [0.25, 0.3) is 15.9 Å². The van der Waals surface area contributed by atoms with Crippen molar-refractivity contribution < 1.29 is 13.2 Å². The van der Waals surface area contributed by atoms with Crippen LogP contribution in [-0.2, 0) is 16.4 Å². The van der Waals surface area contributed by atoms with Crippen LogP contribution < -0.4 is 9.62 Å². The van der Waals surface area contributed by atoms with Crippen molar-refractivity contribution in [1.82, 2.24) is 0 Å². The minimum absolute atomic E-state index is 0.181. The maximum Gasteiger partial charge on any atom is 0.264 e. The molecule has 7 heteroatoms. The minimum atomic E-state index is -3.69. The van der Waals surface area contributed by atoms with Crippen molar-refractivity contribution >= 4 is 48.7 Å². The van der Waals surface area contributed by atoms with Crippen LogP contribution >= 0.6 is 11.3 Å². The van der Waals surface area contributed by atoms with Gasteiger partial charge in [0.1, 0.15) is 0 Å². The predicted octanol–water partition coefficient (Wildman–Crippen LogP) is 5.30. The second-order valence-corrected chi connectivity index (χ2v) is 10.3. The number of para-hydroxylation sites is 1. The average molecular weight is 449 g/mol. The van der Waals surface area contributed by atoms with Crippen molar-refractivity contribution in [1.29, 1.82) is 0 Å². The highest BCUT2D eigenvalue weighted by Gasteiger charge is 2.28. The fourth-order valence-corrected chi connectivity index (χ4v) is 6.21. The summed E-state index contributed by atoms with van der Waals surface area (Å²) in [4.78, 5) is 12.8. The van der Waals surface area contributed by atoms with E-state index in [-0.39, 0.29) is 10.8 Å². The Kier molecular flexibility index (Phi) is 5.00. The highest BCUT2D eigenvalue weighted by molar-refractivity contribution is 7.92. The van der Waals surface area contributed by atoms with E-state index in [2.05, 4.69) is 5.32 Å². The number of hydrogen-bond acceptors (Lipinski definition) is 4. The van der Waals surface area contributed by atoms with Crippen molar-refractivity contribution in [3.63, 3.8) is 0 Å². The molecule has 0 unspecified atom stereocenters. The third kappa shape index (κ3) is 3.71. The van der Waals surface area contributed by atoms with Crippen LogP contribution in [0.4, 0.5) is 11.4 Å². The van der Waals surface area contributed by atoms with Crippen LogP contribution in [0.2, 0.25) is 0 Å². The zero-order valence-corrected chi connectivity index (χ0v) is 18.2. The van der Waals surface area contributed by atoms with E-state index in [1.165, 1.54) is 16.4 Å². The molecule has 1 N–H and O–H groups in total. The molecule has 1 aliphatic rings. The molecular formula is C24H20N2O3S2. The van der Waals surface area contributed by atoms with E-state index in [0.29, 0.717) is 17.8 Å². The topological polar surface area (TPSA) is 66.5 Å². The lowest BCUT2D eigenvalue weighted by Crippen LogP contribution is -2.35. The number of amides is 1. The van der Waals surface area contributed by atoms with Gasteiger partial charge in [-0.3, -0.25) is 9.10 Å². The molecule has 0 radical (unpaired) electrons. The summed E-state index contributed by atoms with van der Waals surface area (Å²) in [5.74, 6) is -0.276. The number of carbonyl (C=O) groups is 1. The first-order valence-corrected chi connectivity index (χ1v) is 12.3. The van der Waals surface area contributed by atoms with Crippen molar-refractivity contribution in [3.05, 3.63) is 89.3 Å². The summed E-state index contributed by atoms with van der Waals surface area (Å²) in [5.41, 5.74) is 2.89. The Labute approximate surface area is 185 Å². The zero-order chi connectivity index (χ0) is 21.4. The first kappa shape index (κ1) is 19.8. The maximum atomic E-state index is 13.2. The Balaban J connectivity index is 1.37. The number of thiophene rings is 1. The number of nitrogens with zero attached hydrogens (tertiary/aromatic N) is 1. The molecule has 1 aliphatic heterocycles. The maximum absolute atomic E-state index is 13.2. The van der Waals surface area contributed by atoms with Crippen molar-refractivity contribution in [3.8, 4) is 0 Å². The zero-order valence-electron chi connectivity index (χ0n) is 16.6. The predicted molar refractivity (Wildman–Crippen MR) is 126 cm³/mol. The van der Waals surface area contributed by atoms with E-state index in [9.17, 15) is 13.2 Å². The Morgan fingerprint density at radius 3 is 2.61 bits per heavy atom.